The zero-order valence-corrected chi connectivity index (χ0v) is 15.5. The summed E-state index contributed by atoms with van der Waals surface area (Å²) in [7, 11) is 3.36. The molecular weight excluding hydrogens is 334 g/mol. The number of hydrogen-bond acceptors (Lipinski definition) is 4. The van der Waals surface area contributed by atoms with Crippen molar-refractivity contribution in [2.75, 3.05) is 20.4 Å². The largest absolute Gasteiger partial charge is 0.341 e. The summed E-state index contributed by atoms with van der Waals surface area (Å²) in [6.07, 6.45) is 2.04. The number of likely N-dealkylation sites (N-methyl/N-ethyl adjacent to an activating group) is 1. The molecule has 2 N–H and O–H groups in total. The smallest absolute Gasteiger partial charge is 0.321 e. The molecule has 0 aliphatic heterocycles. The van der Waals surface area contributed by atoms with Gasteiger partial charge in [0.25, 0.3) is 0 Å². The number of hydrogen-bond donors (Lipinski definition) is 2. The van der Waals surface area contributed by atoms with Gasteiger partial charge in [-0.2, -0.15) is 0 Å². The number of rotatable bonds is 6. The standard InChI is InChI=1S/C19H23N3O2S/c1-20-19(24)21-18(23)17(15-7-5-4-6-8-15)22(2)13-14-9-11-16(25-3)12-10-14/h4-12,17H,13H2,1-3H3,(H2,20,21,23,24)/t17-/m0/s1. The topological polar surface area (TPSA) is 61.4 Å². The third-order valence-electron chi connectivity index (χ3n) is 3.86. The summed E-state index contributed by atoms with van der Waals surface area (Å²) in [6, 6.07) is 16.6. The minimum atomic E-state index is -0.557. The average molecular weight is 357 g/mol. The van der Waals surface area contributed by atoms with Crippen LogP contribution in [-0.4, -0.2) is 37.2 Å². The maximum Gasteiger partial charge on any atom is 0.321 e. The summed E-state index contributed by atoms with van der Waals surface area (Å²) >= 11 is 1.69. The van der Waals surface area contributed by atoms with Crippen molar-refractivity contribution in [2.24, 2.45) is 0 Å². The van der Waals surface area contributed by atoms with E-state index in [1.54, 1.807) is 11.8 Å². The molecule has 0 spiro atoms. The van der Waals surface area contributed by atoms with Gasteiger partial charge in [0.1, 0.15) is 6.04 Å². The van der Waals surface area contributed by atoms with E-state index in [-0.39, 0.29) is 5.91 Å². The summed E-state index contributed by atoms with van der Waals surface area (Å²) in [5.41, 5.74) is 1.95. The number of urea groups is 1. The van der Waals surface area contributed by atoms with Gasteiger partial charge in [-0.3, -0.25) is 15.0 Å². The van der Waals surface area contributed by atoms with Crippen molar-refractivity contribution in [3.8, 4) is 0 Å². The number of thioether (sulfide) groups is 1. The van der Waals surface area contributed by atoms with Gasteiger partial charge in [-0.05, 0) is 36.6 Å². The van der Waals surface area contributed by atoms with Crippen molar-refractivity contribution in [1.29, 1.82) is 0 Å². The van der Waals surface area contributed by atoms with E-state index in [1.807, 2.05) is 48.5 Å². The Morgan fingerprint density at radius 1 is 1.08 bits per heavy atom. The van der Waals surface area contributed by atoms with Crippen LogP contribution in [0.4, 0.5) is 4.79 Å². The first-order chi connectivity index (χ1) is 12.0. The van der Waals surface area contributed by atoms with Crippen LogP contribution in [-0.2, 0) is 11.3 Å². The summed E-state index contributed by atoms with van der Waals surface area (Å²) in [4.78, 5) is 27.3. The van der Waals surface area contributed by atoms with E-state index < -0.39 is 12.1 Å². The van der Waals surface area contributed by atoms with Crippen LogP contribution in [0.2, 0.25) is 0 Å². The SMILES string of the molecule is CNC(=O)NC(=O)[C@H](c1ccccc1)N(C)Cc1ccc(SC)cc1. The summed E-state index contributed by atoms with van der Waals surface area (Å²) in [5, 5.41) is 4.79. The number of amides is 3. The van der Waals surface area contributed by atoms with Crippen LogP contribution in [0, 0.1) is 0 Å². The summed E-state index contributed by atoms with van der Waals surface area (Å²) in [6.45, 7) is 0.593. The lowest BCUT2D eigenvalue weighted by atomic mass is 10.0. The molecular formula is C19H23N3O2S. The fourth-order valence-electron chi connectivity index (χ4n) is 2.59. The van der Waals surface area contributed by atoms with Gasteiger partial charge < -0.3 is 5.32 Å². The molecule has 132 valence electrons. The minimum Gasteiger partial charge on any atom is -0.341 e. The maximum absolute atomic E-state index is 12.6. The van der Waals surface area contributed by atoms with Gasteiger partial charge in [0, 0.05) is 18.5 Å². The highest BCUT2D eigenvalue weighted by Crippen LogP contribution is 2.22. The Kier molecular flexibility index (Phi) is 7.03. The van der Waals surface area contributed by atoms with Gasteiger partial charge in [0.2, 0.25) is 5.91 Å². The molecule has 0 unspecified atom stereocenters. The van der Waals surface area contributed by atoms with E-state index in [0.717, 1.165) is 11.1 Å². The average Bonchev–Trinajstić information content (AvgIpc) is 2.63. The molecule has 0 saturated heterocycles. The van der Waals surface area contributed by atoms with Crippen molar-refractivity contribution in [3.63, 3.8) is 0 Å². The van der Waals surface area contributed by atoms with E-state index in [9.17, 15) is 9.59 Å². The van der Waals surface area contributed by atoms with Crippen molar-refractivity contribution in [2.45, 2.75) is 17.5 Å². The number of nitrogens with zero attached hydrogens (tertiary/aromatic N) is 1. The summed E-state index contributed by atoms with van der Waals surface area (Å²) in [5.74, 6) is -0.353. The molecule has 2 rings (SSSR count). The molecule has 0 aliphatic carbocycles. The Balaban J connectivity index is 2.21. The predicted octanol–water partition coefficient (Wildman–Crippen LogP) is 3.04. The van der Waals surface area contributed by atoms with Crippen molar-refractivity contribution >= 4 is 23.7 Å². The molecule has 2 aromatic rings. The van der Waals surface area contributed by atoms with Crippen LogP contribution in [0.3, 0.4) is 0 Å². The zero-order valence-electron chi connectivity index (χ0n) is 14.7. The molecule has 3 amide bonds. The number of carbonyl (C=O) groups is 2. The minimum absolute atomic E-state index is 0.353. The fourth-order valence-corrected chi connectivity index (χ4v) is 3.00. The first-order valence-corrected chi connectivity index (χ1v) is 9.18. The van der Waals surface area contributed by atoms with Crippen molar-refractivity contribution in [1.82, 2.24) is 15.5 Å². The predicted molar refractivity (Wildman–Crippen MR) is 101 cm³/mol. The molecule has 1 atom stereocenters. The second kappa shape index (κ2) is 9.25. The molecule has 0 heterocycles. The van der Waals surface area contributed by atoms with Gasteiger partial charge in [-0.25, -0.2) is 4.79 Å². The molecule has 0 radical (unpaired) electrons. The van der Waals surface area contributed by atoms with Gasteiger partial charge in [0.05, 0.1) is 0 Å². The third-order valence-corrected chi connectivity index (χ3v) is 4.60. The second-order valence-electron chi connectivity index (χ2n) is 5.64. The molecule has 6 heteroatoms. The molecule has 0 aliphatic rings. The highest BCUT2D eigenvalue weighted by Gasteiger charge is 2.26. The Morgan fingerprint density at radius 2 is 1.72 bits per heavy atom. The lowest BCUT2D eigenvalue weighted by molar-refractivity contribution is -0.125. The Hall–Kier alpha value is -2.31. The van der Waals surface area contributed by atoms with E-state index >= 15 is 0 Å². The molecule has 0 bridgehead atoms. The molecule has 0 saturated carbocycles. The van der Waals surface area contributed by atoms with Crippen LogP contribution in [0.5, 0.6) is 0 Å². The van der Waals surface area contributed by atoms with Gasteiger partial charge in [0.15, 0.2) is 0 Å². The van der Waals surface area contributed by atoms with E-state index in [2.05, 4.69) is 34.9 Å². The molecule has 2 aromatic carbocycles. The maximum atomic E-state index is 12.6. The Bertz CT molecular complexity index is 704. The van der Waals surface area contributed by atoms with Crippen molar-refractivity contribution in [3.05, 3.63) is 65.7 Å². The van der Waals surface area contributed by atoms with Crippen LogP contribution >= 0.6 is 11.8 Å². The van der Waals surface area contributed by atoms with E-state index in [4.69, 9.17) is 0 Å². The van der Waals surface area contributed by atoms with Gasteiger partial charge >= 0.3 is 6.03 Å². The fraction of sp³-hybridized carbons (Fsp3) is 0.263. The summed E-state index contributed by atoms with van der Waals surface area (Å²) < 4.78 is 0. The van der Waals surface area contributed by atoms with Gasteiger partial charge in [-0.15, -0.1) is 11.8 Å². The number of benzene rings is 2. The second-order valence-corrected chi connectivity index (χ2v) is 6.52. The number of nitrogens with one attached hydrogen (secondary N) is 2. The van der Waals surface area contributed by atoms with Crippen molar-refractivity contribution < 1.29 is 9.59 Å². The number of imide groups is 1. The zero-order chi connectivity index (χ0) is 18.2. The first-order valence-electron chi connectivity index (χ1n) is 7.96. The monoisotopic (exact) mass is 357 g/mol. The third kappa shape index (κ3) is 5.34. The molecule has 5 nitrogen and oxygen atoms in total. The lowest BCUT2D eigenvalue weighted by Crippen LogP contribution is -2.44. The van der Waals surface area contributed by atoms with E-state index in [1.165, 1.54) is 11.9 Å². The number of carbonyl (C=O) groups excluding carboxylic acids is 2. The quantitative estimate of drug-likeness (QED) is 0.780. The van der Waals surface area contributed by atoms with Crippen LogP contribution in [0.1, 0.15) is 17.2 Å². The molecule has 25 heavy (non-hydrogen) atoms. The Labute approximate surface area is 152 Å². The van der Waals surface area contributed by atoms with Crippen LogP contribution in [0.25, 0.3) is 0 Å². The molecule has 0 fully saturated rings. The first kappa shape index (κ1) is 19.0. The Morgan fingerprint density at radius 3 is 2.28 bits per heavy atom. The van der Waals surface area contributed by atoms with Crippen LogP contribution in [0.15, 0.2) is 59.5 Å². The molecule has 0 aromatic heterocycles. The van der Waals surface area contributed by atoms with Crippen LogP contribution < -0.4 is 10.6 Å². The lowest BCUT2D eigenvalue weighted by Gasteiger charge is -2.27. The highest BCUT2D eigenvalue weighted by atomic mass is 32.2. The highest BCUT2D eigenvalue weighted by molar-refractivity contribution is 7.98. The van der Waals surface area contributed by atoms with E-state index in [0.29, 0.717) is 6.54 Å². The van der Waals surface area contributed by atoms with Gasteiger partial charge in [-0.1, -0.05) is 42.5 Å². The normalized spacial score (nSPS) is 11.8.